The molecule has 0 radical (unpaired) electrons. The molecule has 2 N–H and O–H groups in total. The van der Waals surface area contributed by atoms with Gasteiger partial charge in [0.25, 0.3) is 6.48 Å². The second-order valence-electron chi connectivity index (χ2n) is 1.86. The number of nitrogens with two attached hydrogens (primary N) is 1. The van der Waals surface area contributed by atoms with Gasteiger partial charge in [0.15, 0.2) is 0 Å². The zero-order valence-electron chi connectivity index (χ0n) is 7.21. The van der Waals surface area contributed by atoms with Crippen LogP contribution < -0.4 is 5.73 Å². The van der Waals surface area contributed by atoms with Crippen LogP contribution in [0, 0.1) is 0 Å². The second kappa shape index (κ2) is 7.94. The normalized spacial score (nSPS) is 10.9. The van der Waals surface area contributed by atoms with Crippen molar-refractivity contribution in [3.05, 3.63) is 0 Å². The summed E-state index contributed by atoms with van der Waals surface area (Å²) in [5, 5.41) is 0. The maximum atomic E-state index is 5.23. The van der Waals surface area contributed by atoms with Crippen molar-refractivity contribution in [1.29, 1.82) is 0 Å². The quantitative estimate of drug-likeness (QED) is 0.549. The van der Waals surface area contributed by atoms with Crippen LogP contribution in [0.3, 0.4) is 0 Å². The molecule has 4 heteroatoms. The molecule has 0 bridgehead atoms. The van der Waals surface area contributed by atoms with Gasteiger partial charge >= 0.3 is 0 Å². The smallest absolute Gasteiger partial charge is 0.271 e. The standard InChI is InChI=1S/C7H17NO3/c1-3-9-7(10-4-2)11-6-5-8/h7H,3-6,8H2,1-2H3. The summed E-state index contributed by atoms with van der Waals surface area (Å²) >= 11 is 0. The van der Waals surface area contributed by atoms with Gasteiger partial charge in [-0.25, -0.2) is 0 Å². The first kappa shape index (κ1) is 10.8. The maximum Gasteiger partial charge on any atom is 0.271 e. The highest BCUT2D eigenvalue weighted by Crippen LogP contribution is 1.95. The highest BCUT2D eigenvalue weighted by atomic mass is 16.8. The van der Waals surface area contributed by atoms with E-state index < -0.39 is 6.48 Å². The molecule has 0 fully saturated rings. The van der Waals surface area contributed by atoms with E-state index in [-0.39, 0.29) is 0 Å². The molecule has 0 heterocycles. The Morgan fingerprint density at radius 1 is 1.09 bits per heavy atom. The van der Waals surface area contributed by atoms with Crippen molar-refractivity contribution in [3.8, 4) is 0 Å². The van der Waals surface area contributed by atoms with E-state index in [0.29, 0.717) is 26.4 Å². The van der Waals surface area contributed by atoms with E-state index in [4.69, 9.17) is 19.9 Å². The molecule has 0 aromatic carbocycles. The molecule has 11 heavy (non-hydrogen) atoms. The highest BCUT2D eigenvalue weighted by molar-refractivity contribution is 4.30. The molecule has 0 aromatic heterocycles. The first-order valence-corrected chi connectivity index (χ1v) is 3.90. The number of rotatable bonds is 7. The third-order valence-corrected chi connectivity index (χ3v) is 0.977. The minimum absolute atomic E-state index is 0.463. The number of hydrogen-bond donors (Lipinski definition) is 1. The molecule has 0 aliphatic heterocycles. The van der Waals surface area contributed by atoms with Crippen LogP contribution in [0.4, 0.5) is 0 Å². The zero-order valence-corrected chi connectivity index (χ0v) is 7.21. The van der Waals surface area contributed by atoms with Gasteiger partial charge in [0, 0.05) is 19.8 Å². The molecule has 0 saturated heterocycles. The Morgan fingerprint density at radius 2 is 1.64 bits per heavy atom. The van der Waals surface area contributed by atoms with Crippen LogP contribution in [0.2, 0.25) is 0 Å². The Hall–Kier alpha value is -0.160. The lowest BCUT2D eigenvalue weighted by molar-refractivity contribution is -0.283. The molecule has 0 amide bonds. The molecule has 0 rings (SSSR count). The summed E-state index contributed by atoms with van der Waals surface area (Å²) in [5.41, 5.74) is 5.23. The lowest BCUT2D eigenvalue weighted by atomic mass is 10.7. The summed E-state index contributed by atoms with van der Waals surface area (Å²) in [6.07, 6.45) is 0. The lowest BCUT2D eigenvalue weighted by Gasteiger charge is -2.16. The molecule has 0 saturated carbocycles. The van der Waals surface area contributed by atoms with Gasteiger partial charge in [-0.3, -0.25) is 0 Å². The summed E-state index contributed by atoms with van der Waals surface area (Å²) in [5.74, 6) is 0. The fourth-order valence-corrected chi connectivity index (χ4v) is 0.581. The van der Waals surface area contributed by atoms with Gasteiger partial charge in [-0.1, -0.05) is 0 Å². The SMILES string of the molecule is CCOC(OCC)OCCN. The van der Waals surface area contributed by atoms with Gasteiger partial charge in [0.2, 0.25) is 0 Å². The number of hydrogen-bond acceptors (Lipinski definition) is 4. The van der Waals surface area contributed by atoms with E-state index in [0.717, 1.165) is 0 Å². The molecular formula is C7H17NO3. The van der Waals surface area contributed by atoms with Crippen LogP contribution >= 0.6 is 0 Å². The van der Waals surface area contributed by atoms with E-state index in [2.05, 4.69) is 0 Å². The minimum Gasteiger partial charge on any atom is -0.330 e. The fourth-order valence-electron chi connectivity index (χ4n) is 0.581. The molecule has 0 spiro atoms. The van der Waals surface area contributed by atoms with Crippen molar-refractivity contribution < 1.29 is 14.2 Å². The maximum absolute atomic E-state index is 5.23. The summed E-state index contributed by atoms with van der Waals surface area (Å²) in [7, 11) is 0. The lowest BCUT2D eigenvalue weighted by Crippen LogP contribution is -2.24. The van der Waals surface area contributed by atoms with Gasteiger partial charge in [0.05, 0.1) is 6.61 Å². The van der Waals surface area contributed by atoms with Crippen LogP contribution in [-0.2, 0) is 14.2 Å². The van der Waals surface area contributed by atoms with Crippen LogP contribution in [0.5, 0.6) is 0 Å². The van der Waals surface area contributed by atoms with E-state index >= 15 is 0 Å². The van der Waals surface area contributed by atoms with Crippen LogP contribution in [0.15, 0.2) is 0 Å². The molecule has 68 valence electrons. The van der Waals surface area contributed by atoms with Gasteiger partial charge in [0.1, 0.15) is 0 Å². The zero-order chi connectivity index (χ0) is 8.53. The van der Waals surface area contributed by atoms with Crippen LogP contribution in [0.25, 0.3) is 0 Å². The number of ether oxygens (including phenoxy) is 3. The first-order chi connectivity index (χ1) is 5.35. The van der Waals surface area contributed by atoms with Gasteiger partial charge < -0.3 is 19.9 Å². The predicted molar refractivity (Wildman–Crippen MR) is 42.0 cm³/mol. The fraction of sp³-hybridized carbons (Fsp3) is 1.00. The van der Waals surface area contributed by atoms with Crippen LogP contribution in [-0.4, -0.2) is 32.8 Å². The monoisotopic (exact) mass is 163 g/mol. The van der Waals surface area contributed by atoms with Crippen molar-refractivity contribution >= 4 is 0 Å². The van der Waals surface area contributed by atoms with Gasteiger partial charge in [-0.15, -0.1) is 0 Å². The van der Waals surface area contributed by atoms with Crippen molar-refractivity contribution in [1.82, 2.24) is 0 Å². The Balaban J connectivity index is 3.34. The molecule has 0 aliphatic carbocycles. The van der Waals surface area contributed by atoms with E-state index in [1.54, 1.807) is 0 Å². The largest absolute Gasteiger partial charge is 0.330 e. The average Bonchev–Trinajstić information content (AvgIpc) is 2.01. The van der Waals surface area contributed by atoms with Gasteiger partial charge in [-0.2, -0.15) is 0 Å². The summed E-state index contributed by atoms with van der Waals surface area (Å²) in [6, 6.07) is 0. The first-order valence-electron chi connectivity index (χ1n) is 3.90. The molecule has 0 atom stereocenters. The Morgan fingerprint density at radius 3 is 2.00 bits per heavy atom. The van der Waals surface area contributed by atoms with E-state index in [9.17, 15) is 0 Å². The third-order valence-electron chi connectivity index (χ3n) is 0.977. The summed E-state index contributed by atoms with van der Waals surface area (Å²) in [4.78, 5) is 0. The van der Waals surface area contributed by atoms with E-state index in [1.807, 2.05) is 13.8 Å². The van der Waals surface area contributed by atoms with Crippen molar-refractivity contribution in [2.45, 2.75) is 20.3 Å². The molecule has 0 aromatic rings. The molecular weight excluding hydrogens is 146 g/mol. The Bertz CT molecular complexity index is 74.1. The van der Waals surface area contributed by atoms with Crippen molar-refractivity contribution in [2.24, 2.45) is 5.73 Å². The summed E-state index contributed by atoms with van der Waals surface area (Å²) in [6.45, 7) is 5.33. The third kappa shape index (κ3) is 6.25. The van der Waals surface area contributed by atoms with Crippen molar-refractivity contribution in [2.75, 3.05) is 26.4 Å². The molecule has 0 unspecified atom stereocenters. The molecule has 4 nitrogen and oxygen atoms in total. The minimum atomic E-state index is -0.548. The molecule has 0 aliphatic rings. The van der Waals surface area contributed by atoms with Gasteiger partial charge in [-0.05, 0) is 13.8 Å². The highest BCUT2D eigenvalue weighted by Gasteiger charge is 2.05. The van der Waals surface area contributed by atoms with Crippen molar-refractivity contribution in [3.63, 3.8) is 0 Å². The second-order valence-corrected chi connectivity index (χ2v) is 1.86. The van der Waals surface area contributed by atoms with E-state index in [1.165, 1.54) is 0 Å². The topological polar surface area (TPSA) is 53.7 Å². The predicted octanol–water partition coefficient (Wildman–Crippen LogP) is 0.318. The summed E-state index contributed by atoms with van der Waals surface area (Å²) < 4.78 is 15.3. The average molecular weight is 163 g/mol. The van der Waals surface area contributed by atoms with Crippen LogP contribution in [0.1, 0.15) is 13.8 Å². The Labute approximate surface area is 67.6 Å². The Kier molecular flexibility index (Phi) is 7.83.